The minimum atomic E-state index is 0.531. The monoisotopic (exact) mass is 254 g/mol. The number of rotatable bonds is 4. The molecule has 0 fully saturated rings. The highest BCUT2D eigenvalue weighted by molar-refractivity contribution is 5.79. The lowest BCUT2D eigenvalue weighted by atomic mass is 10.0. The van der Waals surface area contributed by atoms with Crippen LogP contribution in [-0.4, -0.2) is 6.21 Å². The topological polar surface area (TPSA) is 47.6 Å². The standard InChI is InChI=1S/C16H18N2O/c1-12(2)14-5-9-16(10-6-14)19-15-7-3-13(4-8-15)11-18-17/h3-12H,17H2,1-2H3. The van der Waals surface area contributed by atoms with Gasteiger partial charge < -0.3 is 10.6 Å². The van der Waals surface area contributed by atoms with Crippen molar-refractivity contribution in [3.63, 3.8) is 0 Å². The van der Waals surface area contributed by atoms with E-state index in [4.69, 9.17) is 10.6 Å². The summed E-state index contributed by atoms with van der Waals surface area (Å²) in [5.41, 5.74) is 2.26. The molecule has 0 bridgehead atoms. The van der Waals surface area contributed by atoms with E-state index in [1.54, 1.807) is 6.21 Å². The maximum Gasteiger partial charge on any atom is 0.127 e. The summed E-state index contributed by atoms with van der Waals surface area (Å²) in [5.74, 6) is 7.27. The molecule has 0 unspecified atom stereocenters. The average Bonchev–Trinajstić information content (AvgIpc) is 2.42. The Morgan fingerprint density at radius 3 is 1.95 bits per heavy atom. The predicted molar refractivity (Wildman–Crippen MR) is 78.8 cm³/mol. The van der Waals surface area contributed by atoms with Crippen LogP contribution in [-0.2, 0) is 0 Å². The highest BCUT2D eigenvalue weighted by Gasteiger charge is 2.00. The van der Waals surface area contributed by atoms with Crippen molar-refractivity contribution >= 4 is 6.21 Å². The first-order valence-corrected chi connectivity index (χ1v) is 6.30. The van der Waals surface area contributed by atoms with Gasteiger partial charge in [0.25, 0.3) is 0 Å². The Hall–Kier alpha value is -2.29. The molecule has 0 aliphatic rings. The summed E-state index contributed by atoms with van der Waals surface area (Å²) < 4.78 is 5.77. The van der Waals surface area contributed by atoms with Gasteiger partial charge in [-0.1, -0.05) is 26.0 Å². The number of hydrogen-bond acceptors (Lipinski definition) is 3. The molecule has 2 N–H and O–H groups in total. The number of benzene rings is 2. The van der Waals surface area contributed by atoms with Crippen molar-refractivity contribution in [1.29, 1.82) is 0 Å². The molecule has 0 aliphatic heterocycles. The van der Waals surface area contributed by atoms with Crippen LogP contribution in [0.1, 0.15) is 30.9 Å². The van der Waals surface area contributed by atoms with Crippen molar-refractivity contribution in [2.75, 3.05) is 0 Å². The number of nitrogens with zero attached hydrogens (tertiary/aromatic N) is 1. The van der Waals surface area contributed by atoms with Crippen LogP contribution in [0.2, 0.25) is 0 Å². The van der Waals surface area contributed by atoms with Gasteiger partial charge in [-0.25, -0.2) is 0 Å². The molecular weight excluding hydrogens is 236 g/mol. The highest BCUT2D eigenvalue weighted by Crippen LogP contribution is 2.23. The van der Waals surface area contributed by atoms with Crippen LogP contribution >= 0.6 is 0 Å². The van der Waals surface area contributed by atoms with Crippen molar-refractivity contribution in [2.24, 2.45) is 10.9 Å². The summed E-state index contributed by atoms with van der Waals surface area (Å²) >= 11 is 0. The van der Waals surface area contributed by atoms with Gasteiger partial charge in [0.2, 0.25) is 0 Å². The highest BCUT2D eigenvalue weighted by atomic mass is 16.5. The van der Waals surface area contributed by atoms with Crippen LogP contribution in [0.15, 0.2) is 53.6 Å². The molecule has 0 saturated heterocycles. The third kappa shape index (κ3) is 3.58. The Bertz CT molecular complexity index is 542. The molecule has 2 aromatic rings. The SMILES string of the molecule is CC(C)c1ccc(Oc2ccc(C=NN)cc2)cc1. The zero-order valence-electron chi connectivity index (χ0n) is 11.2. The molecule has 19 heavy (non-hydrogen) atoms. The van der Waals surface area contributed by atoms with Gasteiger partial charge in [0.1, 0.15) is 11.5 Å². The molecule has 0 amide bonds. The van der Waals surface area contributed by atoms with E-state index in [0.29, 0.717) is 5.92 Å². The van der Waals surface area contributed by atoms with E-state index in [-0.39, 0.29) is 0 Å². The number of nitrogens with two attached hydrogens (primary N) is 1. The third-order valence-corrected chi connectivity index (χ3v) is 2.89. The summed E-state index contributed by atoms with van der Waals surface area (Å²) in [5, 5.41) is 3.48. The summed E-state index contributed by atoms with van der Waals surface area (Å²) in [7, 11) is 0. The molecule has 0 saturated carbocycles. The van der Waals surface area contributed by atoms with E-state index in [0.717, 1.165) is 17.1 Å². The van der Waals surface area contributed by atoms with Gasteiger partial charge in [0.15, 0.2) is 0 Å². The second kappa shape index (κ2) is 6.05. The van der Waals surface area contributed by atoms with Crippen LogP contribution in [0.5, 0.6) is 11.5 Å². The van der Waals surface area contributed by atoms with E-state index >= 15 is 0 Å². The second-order valence-corrected chi connectivity index (χ2v) is 4.67. The maximum atomic E-state index is 5.77. The molecule has 2 rings (SSSR count). The minimum absolute atomic E-state index is 0.531. The van der Waals surface area contributed by atoms with Gasteiger partial charge in [0, 0.05) is 0 Å². The molecule has 0 aliphatic carbocycles. The molecular formula is C16H18N2O. The molecule has 3 heteroatoms. The molecule has 0 aromatic heterocycles. The lowest BCUT2D eigenvalue weighted by Crippen LogP contribution is -1.89. The van der Waals surface area contributed by atoms with Crippen LogP contribution in [0.4, 0.5) is 0 Å². The van der Waals surface area contributed by atoms with Crippen molar-refractivity contribution < 1.29 is 4.74 Å². The first kappa shape index (κ1) is 13.1. The van der Waals surface area contributed by atoms with E-state index < -0.39 is 0 Å². The van der Waals surface area contributed by atoms with E-state index in [2.05, 4.69) is 31.1 Å². The summed E-state index contributed by atoms with van der Waals surface area (Å²) in [6.07, 6.45) is 1.60. The quantitative estimate of drug-likeness (QED) is 0.511. The Labute approximate surface area is 113 Å². The Morgan fingerprint density at radius 1 is 0.947 bits per heavy atom. The molecule has 0 radical (unpaired) electrons. The molecule has 3 nitrogen and oxygen atoms in total. The Balaban J connectivity index is 2.08. The van der Waals surface area contributed by atoms with Crippen molar-refractivity contribution in [3.8, 4) is 11.5 Å². The van der Waals surface area contributed by atoms with Gasteiger partial charge in [-0.2, -0.15) is 5.10 Å². The van der Waals surface area contributed by atoms with Crippen molar-refractivity contribution in [2.45, 2.75) is 19.8 Å². The molecule has 98 valence electrons. The van der Waals surface area contributed by atoms with Gasteiger partial charge in [-0.05, 0) is 53.4 Å². The van der Waals surface area contributed by atoms with Gasteiger partial charge in [-0.15, -0.1) is 0 Å². The largest absolute Gasteiger partial charge is 0.457 e. The van der Waals surface area contributed by atoms with E-state index in [1.807, 2.05) is 36.4 Å². The van der Waals surface area contributed by atoms with E-state index in [9.17, 15) is 0 Å². The third-order valence-electron chi connectivity index (χ3n) is 2.89. The van der Waals surface area contributed by atoms with Crippen LogP contribution in [0.3, 0.4) is 0 Å². The van der Waals surface area contributed by atoms with Crippen molar-refractivity contribution in [1.82, 2.24) is 0 Å². The smallest absolute Gasteiger partial charge is 0.127 e. The zero-order chi connectivity index (χ0) is 13.7. The normalized spacial score (nSPS) is 11.1. The lowest BCUT2D eigenvalue weighted by Gasteiger charge is -2.08. The maximum absolute atomic E-state index is 5.77. The van der Waals surface area contributed by atoms with Crippen LogP contribution in [0, 0.1) is 0 Å². The fraction of sp³-hybridized carbons (Fsp3) is 0.188. The number of hydrazone groups is 1. The molecule has 0 heterocycles. The fourth-order valence-corrected chi connectivity index (χ4v) is 1.76. The van der Waals surface area contributed by atoms with Gasteiger partial charge >= 0.3 is 0 Å². The molecule has 0 spiro atoms. The molecule has 0 atom stereocenters. The average molecular weight is 254 g/mol. The van der Waals surface area contributed by atoms with Gasteiger partial charge in [-0.3, -0.25) is 0 Å². The summed E-state index contributed by atoms with van der Waals surface area (Å²) in [4.78, 5) is 0. The summed E-state index contributed by atoms with van der Waals surface area (Å²) in [6, 6.07) is 15.8. The van der Waals surface area contributed by atoms with Crippen molar-refractivity contribution in [3.05, 3.63) is 59.7 Å². The fourth-order valence-electron chi connectivity index (χ4n) is 1.76. The zero-order valence-corrected chi connectivity index (χ0v) is 11.2. The van der Waals surface area contributed by atoms with Crippen LogP contribution < -0.4 is 10.6 Å². The van der Waals surface area contributed by atoms with Crippen LogP contribution in [0.25, 0.3) is 0 Å². The predicted octanol–water partition coefficient (Wildman–Crippen LogP) is 3.89. The van der Waals surface area contributed by atoms with Gasteiger partial charge in [0.05, 0.1) is 6.21 Å². The Morgan fingerprint density at radius 2 is 1.47 bits per heavy atom. The first-order chi connectivity index (χ1) is 9.19. The summed E-state index contributed by atoms with van der Waals surface area (Å²) in [6.45, 7) is 4.35. The number of hydrogen-bond donors (Lipinski definition) is 1. The molecule has 2 aromatic carbocycles. The number of ether oxygens (including phenoxy) is 1. The first-order valence-electron chi connectivity index (χ1n) is 6.30. The van der Waals surface area contributed by atoms with E-state index in [1.165, 1.54) is 5.56 Å². The Kier molecular flexibility index (Phi) is 4.18. The minimum Gasteiger partial charge on any atom is -0.457 e. The lowest BCUT2D eigenvalue weighted by molar-refractivity contribution is 0.482. The second-order valence-electron chi connectivity index (χ2n) is 4.67.